The minimum Gasteiger partial charge on any atom is -0.319 e. The molecule has 4 heteroatoms. The van der Waals surface area contributed by atoms with Gasteiger partial charge in [-0.3, -0.25) is 0 Å². The monoisotopic (exact) mass is 218 g/mol. The molecule has 1 aromatic rings. The second kappa shape index (κ2) is 3.50. The van der Waals surface area contributed by atoms with E-state index in [-0.39, 0.29) is 5.54 Å². The number of aromatic nitrogens is 2. The lowest BCUT2D eigenvalue weighted by atomic mass is 10.0. The van der Waals surface area contributed by atoms with Crippen LogP contribution in [0.2, 0.25) is 0 Å². The fourth-order valence-electron chi connectivity index (χ4n) is 2.37. The Morgan fingerprint density at radius 1 is 1.50 bits per heavy atom. The molecule has 16 heavy (non-hydrogen) atoms. The van der Waals surface area contributed by atoms with Gasteiger partial charge in [-0.2, -0.15) is 0 Å². The quantitative estimate of drug-likeness (QED) is 0.799. The molecule has 1 aliphatic carbocycles. The molecule has 0 spiro atoms. The number of likely N-dealkylation sites (tertiary alicyclic amines) is 1. The van der Waals surface area contributed by atoms with Crippen LogP contribution in [0.5, 0.6) is 0 Å². The largest absolute Gasteiger partial charge is 0.319 e. The topological polar surface area (TPSA) is 55.0 Å². The van der Waals surface area contributed by atoms with Crippen LogP contribution in [0.15, 0.2) is 12.3 Å². The molecular weight excluding hydrogens is 200 g/mol. The first-order chi connectivity index (χ1) is 7.67. The minimum absolute atomic E-state index is 0.208. The van der Waals surface area contributed by atoms with Gasteiger partial charge in [0, 0.05) is 24.4 Å². The molecule has 1 aliphatic heterocycles. The van der Waals surface area contributed by atoms with Gasteiger partial charge in [-0.15, -0.1) is 0 Å². The molecule has 3 rings (SSSR count). The van der Waals surface area contributed by atoms with Crippen LogP contribution < -0.4 is 5.73 Å². The van der Waals surface area contributed by atoms with Crippen LogP contribution in [-0.2, 0) is 5.54 Å². The molecule has 0 aromatic carbocycles. The van der Waals surface area contributed by atoms with Crippen molar-refractivity contribution in [2.24, 2.45) is 5.73 Å². The zero-order chi connectivity index (χ0) is 11.2. The van der Waals surface area contributed by atoms with E-state index >= 15 is 0 Å². The van der Waals surface area contributed by atoms with E-state index in [1.165, 1.54) is 12.1 Å². The average molecular weight is 218 g/mol. The third-order valence-corrected chi connectivity index (χ3v) is 3.72. The summed E-state index contributed by atoms with van der Waals surface area (Å²) in [5.41, 5.74) is 7.09. The average Bonchev–Trinajstić information content (AvgIpc) is 2.89. The van der Waals surface area contributed by atoms with E-state index in [2.05, 4.69) is 21.9 Å². The van der Waals surface area contributed by atoms with Crippen molar-refractivity contribution >= 4 is 0 Å². The van der Waals surface area contributed by atoms with Gasteiger partial charge in [0.25, 0.3) is 0 Å². The van der Waals surface area contributed by atoms with Crippen LogP contribution in [0.3, 0.4) is 0 Å². The Kier molecular flexibility index (Phi) is 2.23. The summed E-state index contributed by atoms with van der Waals surface area (Å²) in [6.07, 6.45) is 5.12. The smallest absolute Gasteiger partial charge is 0.148 e. The number of hydrogen-bond acceptors (Lipinski definition) is 4. The van der Waals surface area contributed by atoms with Crippen molar-refractivity contribution in [3.05, 3.63) is 23.8 Å². The van der Waals surface area contributed by atoms with E-state index < -0.39 is 0 Å². The van der Waals surface area contributed by atoms with Crippen LogP contribution in [-0.4, -0.2) is 35.0 Å². The fourth-order valence-corrected chi connectivity index (χ4v) is 2.37. The van der Waals surface area contributed by atoms with Crippen LogP contribution in [0, 0.1) is 0 Å². The third kappa shape index (κ3) is 1.72. The van der Waals surface area contributed by atoms with Crippen molar-refractivity contribution in [1.29, 1.82) is 0 Å². The highest BCUT2D eigenvalue weighted by atomic mass is 15.1. The molecule has 1 unspecified atom stereocenters. The summed E-state index contributed by atoms with van der Waals surface area (Å²) in [5, 5.41) is 0. The van der Waals surface area contributed by atoms with Crippen molar-refractivity contribution in [2.75, 3.05) is 20.1 Å². The predicted molar refractivity (Wildman–Crippen MR) is 62.0 cm³/mol. The molecule has 1 saturated carbocycles. The number of hydrogen-bond donors (Lipinski definition) is 1. The first kappa shape index (κ1) is 10.2. The summed E-state index contributed by atoms with van der Waals surface area (Å²) in [7, 11) is 2.16. The molecular formula is C12H18N4. The van der Waals surface area contributed by atoms with Gasteiger partial charge in [-0.25, -0.2) is 9.97 Å². The van der Waals surface area contributed by atoms with Crippen molar-refractivity contribution < 1.29 is 0 Å². The number of rotatable bonds is 2. The molecule has 0 radical (unpaired) electrons. The highest BCUT2D eigenvalue weighted by Crippen LogP contribution is 2.41. The summed E-state index contributed by atoms with van der Waals surface area (Å²) < 4.78 is 0. The Bertz CT molecular complexity index is 400. The lowest BCUT2D eigenvalue weighted by Gasteiger charge is -2.13. The fraction of sp³-hybridized carbons (Fsp3) is 0.667. The minimum atomic E-state index is -0.208. The van der Waals surface area contributed by atoms with Gasteiger partial charge in [0.05, 0.1) is 5.54 Å². The summed E-state index contributed by atoms with van der Waals surface area (Å²) in [6.45, 7) is 2.27. The first-order valence-electron chi connectivity index (χ1n) is 5.98. The lowest BCUT2D eigenvalue weighted by molar-refractivity contribution is 0.410. The molecule has 0 bridgehead atoms. The summed E-state index contributed by atoms with van der Waals surface area (Å²) in [5.74, 6) is 1.41. The molecule has 2 aliphatic rings. The second-order valence-electron chi connectivity index (χ2n) is 5.21. The molecule has 1 atom stereocenters. The highest BCUT2D eigenvalue weighted by molar-refractivity contribution is 5.19. The maximum atomic E-state index is 6.13. The van der Waals surface area contributed by atoms with E-state index in [9.17, 15) is 0 Å². The highest BCUT2D eigenvalue weighted by Gasteiger charge is 2.43. The van der Waals surface area contributed by atoms with Crippen LogP contribution in [0.25, 0.3) is 0 Å². The maximum absolute atomic E-state index is 6.13. The van der Waals surface area contributed by atoms with Crippen molar-refractivity contribution in [2.45, 2.75) is 30.7 Å². The van der Waals surface area contributed by atoms with Crippen LogP contribution in [0.1, 0.15) is 36.7 Å². The molecule has 2 heterocycles. The lowest BCUT2D eigenvalue weighted by Crippen LogP contribution is -2.23. The van der Waals surface area contributed by atoms with Gasteiger partial charge in [0.15, 0.2) is 0 Å². The van der Waals surface area contributed by atoms with Crippen molar-refractivity contribution in [3.8, 4) is 0 Å². The van der Waals surface area contributed by atoms with Gasteiger partial charge in [-0.05, 0) is 38.9 Å². The van der Waals surface area contributed by atoms with Gasteiger partial charge in [-0.1, -0.05) is 0 Å². The van der Waals surface area contributed by atoms with Gasteiger partial charge < -0.3 is 10.6 Å². The van der Waals surface area contributed by atoms with E-state index in [0.717, 1.165) is 31.8 Å². The van der Waals surface area contributed by atoms with Crippen molar-refractivity contribution in [1.82, 2.24) is 14.9 Å². The number of nitrogens with zero attached hydrogens (tertiary/aromatic N) is 3. The zero-order valence-corrected chi connectivity index (χ0v) is 9.69. The van der Waals surface area contributed by atoms with E-state index in [1.54, 1.807) is 0 Å². The molecule has 2 N–H and O–H groups in total. The van der Waals surface area contributed by atoms with E-state index in [0.29, 0.717) is 5.92 Å². The summed E-state index contributed by atoms with van der Waals surface area (Å²) >= 11 is 0. The molecule has 1 saturated heterocycles. The predicted octanol–water partition coefficient (Wildman–Crippen LogP) is 0.843. The number of likely N-dealkylation sites (N-methyl/N-ethyl adjacent to an activating group) is 1. The maximum Gasteiger partial charge on any atom is 0.148 e. The Morgan fingerprint density at radius 3 is 2.94 bits per heavy atom. The van der Waals surface area contributed by atoms with Crippen LogP contribution >= 0.6 is 0 Å². The van der Waals surface area contributed by atoms with E-state index in [1.807, 2.05) is 12.3 Å². The Morgan fingerprint density at radius 2 is 2.31 bits per heavy atom. The number of nitrogens with two attached hydrogens (primary N) is 1. The van der Waals surface area contributed by atoms with Gasteiger partial charge in [0.1, 0.15) is 5.82 Å². The molecule has 2 fully saturated rings. The first-order valence-corrected chi connectivity index (χ1v) is 5.98. The summed E-state index contributed by atoms with van der Waals surface area (Å²) in [4.78, 5) is 11.3. The Labute approximate surface area is 95.9 Å². The van der Waals surface area contributed by atoms with Crippen molar-refractivity contribution in [3.63, 3.8) is 0 Å². The zero-order valence-electron chi connectivity index (χ0n) is 9.69. The standard InChI is InChI=1S/C12H18N4/c1-16-7-3-9(8-16)10-2-6-14-11(15-10)12(13)4-5-12/h2,6,9H,3-5,7-8,13H2,1H3. The molecule has 1 aromatic heterocycles. The molecule has 4 nitrogen and oxygen atoms in total. The third-order valence-electron chi connectivity index (χ3n) is 3.72. The van der Waals surface area contributed by atoms with Gasteiger partial charge in [0.2, 0.25) is 0 Å². The summed E-state index contributed by atoms with van der Waals surface area (Å²) in [6, 6.07) is 2.04. The Hall–Kier alpha value is -1.00. The molecule has 86 valence electrons. The Balaban J connectivity index is 1.85. The van der Waals surface area contributed by atoms with E-state index in [4.69, 9.17) is 5.73 Å². The normalized spacial score (nSPS) is 28.2. The second-order valence-corrected chi connectivity index (χ2v) is 5.21. The SMILES string of the molecule is CN1CCC(c2ccnc(C3(N)CC3)n2)C1. The van der Waals surface area contributed by atoms with Gasteiger partial charge >= 0.3 is 0 Å². The van der Waals surface area contributed by atoms with Crippen LogP contribution in [0.4, 0.5) is 0 Å². The molecule has 0 amide bonds.